The second-order valence-electron chi connectivity index (χ2n) is 5.25. The average molecular weight is 207 g/mol. The van der Waals surface area contributed by atoms with E-state index >= 15 is 0 Å². The molecule has 1 unspecified atom stereocenters. The molecular formula is C13H21NO. The van der Waals surface area contributed by atoms with E-state index in [1.807, 2.05) is 12.1 Å². The van der Waals surface area contributed by atoms with Crippen LogP contribution in [0.25, 0.3) is 0 Å². The number of hydrogen-bond acceptors (Lipinski definition) is 2. The van der Waals surface area contributed by atoms with E-state index in [2.05, 4.69) is 19.2 Å². The molecule has 0 bridgehead atoms. The first-order valence-corrected chi connectivity index (χ1v) is 5.94. The highest BCUT2D eigenvalue weighted by atomic mass is 16.3. The van der Waals surface area contributed by atoms with Crippen molar-refractivity contribution in [2.45, 2.75) is 52.1 Å². The maximum atomic E-state index is 5.33. The van der Waals surface area contributed by atoms with Crippen LogP contribution in [-0.4, -0.2) is 6.04 Å². The van der Waals surface area contributed by atoms with Gasteiger partial charge in [-0.2, -0.15) is 0 Å². The van der Waals surface area contributed by atoms with Gasteiger partial charge in [0.15, 0.2) is 0 Å². The van der Waals surface area contributed by atoms with Gasteiger partial charge in [0.25, 0.3) is 0 Å². The zero-order chi connectivity index (χ0) is 10.7. The van der Waals surface area contributed by atoms with E-state index in [1.54, 1.807) is 6.26 Å². The van der Waals surface area contributed by atoms with Crippen LogP contribution >= 0.6 is 0 Å². The molecule has 1 saturated carbocycles. The molecule has 0 amide bonds. The van der Waals surface area contributed by atoms with Gasteiger partial charge >= 0.3 is 0 Å². The van der Waals surface area contributed by atoms with Gasteiger partial charge in [-0.1, -0.05) is 26.7 Å². The van der Waals surface area contributed by atoms with Crippen LogP contribution in [0.4, 0.5) is 0 Å². The molecule has 15 heavy (non-hydrogen) atoms. The zero-order valence-electron chi connectivity index (χ0n) is 9.75. The zero-order valence-corrected chi connectivity index (χ0v) is 9.75. The number of hydrogen-bond donors (Lipinski definition) is 1. The van der Waals surface area contributed by atoms with Gasteiger partial charge in [0, 0.05) is 6.04 Å². The van der Waals surface area contributed by atoms with Crippen molar-refractivity contribution in [1.82, 2.24) is 5.32 Å². The van der Waals surface area contributed by atoms with Crippen molar-refractivity contribution < 1.29 is 4.42 Å². The molecule has 1 atom stereocenters. The lowest BCUT2D eigenvalue weighted by atomic mass is 9.73. The van der Waals surface area contributed by atoms with Gasteiger partial charge in [0.2, 0.25) is 0 Å². The van der Waals surface area contributed by atoms with Crippen LogP contribution in [-0.2, 0) is 6.54 Å². The van der Waals surface area contributed by atoms with E-state index in [1.165, 1.54) is 25.7 Å². The lowest BCUT2D eigenvalue weighted by Crippen LogP contribution is -2.43. The molecular weight excluding hydrogens is 186 g/mol. The van der Waals surface area contributed by atoms with Gasteiger partial charge in [0.05, 0.1) is 12.8 Å². The van der Waals surface area contributed by atoms with Crippen LogP contribution in [0.3, 0.4) is 0 Å². The fourth-order valence-corrected chi connectivity index (χ4v) is 2.51. The van der Waals surface area contributed by atoms with Crippen molar-refractivity contribution in [2.75, 3.05) is 0 Å². The molecule has 1 N–H and O–H groups in total. The van der Waals surface area contributed by atoms with E-state index in [0.29, 0.717) is 11.5 Å². The van der Waals surface area contributed by atoms with Crippen molar-refractivity contribution in [2.24, 2.45) is 5.41 Å². The van der Waals surface area contributed by atoms with Crippen molar-refractivity contribution in [3.05, 3.63) is 24.2 Å². The molecule has 1 fully saturated rings. The molecule has 2 rings (SSSR count). The fourth-order valence-electron chi connectivity index (χ4n) is 2.51. The van der Waals surface area contributed by atoms with Crippen LogP contribution in [0.15, 0.2) is 22.8 Å². The summed E-state index contributed by atoms with van der Waals surface area (Å²) in [6.45, 7) is 5.60. The average Bonchev–Trinajstić information content (AvgIpc) is 2.68. The minimum Gasteiger partial charge on any atom is -0.468 e. The van der Waals surface area contributed by atoms with E-state index in [4.69, 9.17) is 4.42 Å². The second-order valence-corrected chi connectivity index (χ2v) is 5.25. The minimum absolute atomic E-state index is 0.435. The van der Waals surface area contributed by atoms with Gasteiger partial charge in [-0.3, -0.25) is 0 Å². The molecule has 1 aliphatic rings. The predicted molar refractivity (Wildman–Crippen MR) is 61.6 cm³/mol. The standard InChI is InChI=1S/C13H21NO/c1-13(2)8-4-3-7-12(13)14-10-11-6-5-9-15-11/h5-6,9,12,14H,3-4,7-8,10H2,1-2H3. The smallest absolute Gasteiger partial charge is 0.117 e. The third-order valence-electron chi connectivity index (χ3n) is 3.61. The summed E-state index contributed by atoms with van der Waals surface area (Å²) in [5.41, 5.74) is 0.435. The van der Waals surface area contributed by atoms with Crippen LogP contribution < -0.4 is 5.32 Å². The Morgan fingerprint density at radius 2 is 2.33 bits per heavy atom. The third kappa shape index (κ3) is 2.63. The Kier molecular flexibility index (Phi) is 3.15. The summed E-state index contributed by atoms with van der Waals surface area (Å²) in [6, 6.07) is 4.61. The maximum absolute atomic E-state index is 5.33. The van der Waals surface area contributed by atoms with Gasteiger partial charge in [-0.25, -0.2) is 0 Å². The Morgan fingerprint density at radius 3 is 3.00 bits per heavy atom. The summed E-state index contributed by atoms with van der Waals surface area (Å²) >= 11 is 0. The molecule has 0 aliphatic heterocycles. The normalized spacial score (nSPS) is 25.3. The molecule has 84 valence electrons. The number of furan rings is 1. The SMILES string of the molecule is CC1(C)CCCCC1NCc1ccco1. The Morgan fingerprint density at radius 1 is 1.47 bits per heavy atom. The van der Waals surface area contributed by atoms with Crippen molar-refractivity contribution in [1.29, 1.82) is 0 Å². The molecule has 0 spiro atoms. The summed E-state index contributed by atoms with van der Waals surface area (Å²) in [5, 5.41) is 3.62. The first-order valence-electron chi connectivity index (χ1n) is 5.94. The Bertz CT molecular complexity index is 289. The molecule has 0 saturated heterocycles. The Hall–Kier alpha value is -0.760. The summed E-state index contributed by atoms with van der Waals surface area (Å²) in [5.74, 6) is 1.04. The second kappa shape index (κ2) is 4.40. The Labute approximate surface area is 92.1 Å². The highest BCUT2D eigenvalue weighted by Crippen LogP contribution is 2.35. The highest BCUT2D eigenvalue weighted by molar-refractivity contribution is 4.99. The first-order chi connectivity index (χ1) is 7.18. The third-order valence-corrected chi connectivity index (χ3v) is 3.61. The van der Waals surface area contributed by atoms with Crippen LogP contribution in [0, 0.1) is 5.41 Å². The molecule has 0 aromatic carbocycles. The molecule has 2 nitrogen and oxygen atoms in total. The monoisotopic (exact) mass is 207 g/mol. The van der Waals surface area contributed by atoms with E-state index in [-0.39, 0.29) is 0 Å². The van der Waals surface area contributed by atoms with Crippen molar-refractivity contribution in [3.8, 4) is 0 Å². The summed E-state index contributed by atoms with van der Waals surface area (Å²) in [7, 11) is 0. The van der Waals surface area contributed by atoms with Gasteiger partial charge in [0.1, 0.15) is 5.76 Å². The number of nitrogens with one attached hydrogen (secondary N) is 1. The summed E-state index contributed by atoms with van der Waals surface area (Å²) < 4.78 is 5.33. The summed E-state index contributed by atoms with van der Waals surface area (Å²) in [6.07, 6.45) is 7.12. The lowest BCUT2D eigenvalue weighted by Gasteiger charge is -2.39. The number of rotatable bonds is 3. The van der Waals surface area contributed by atoms with E-state index in [0.717, 1.165) is 12.3 Å². The van der Waals surface area contributed by atoms with Crippen molar-refractivity contribution >= 4 is 0 Å². The van der Waals surface area contributed by atoms with Crippen LogP contribution in [0.1, 0.15) is 45.3 Å². The van der Waals surface area contributed by atoms with Gasteiger partial charge in [-0.15, -0.1) is 0 Å². The molecule has 2 heteroatoms. The molecule has 0 radical (unpaired) electrons. The van der Waals surface area contributed by atoms with Crippen LogP contribution in [0.2, 0.25) is 0 Å². The molecule has 1 aromatic rings. The Balaban J connectivity index is 1.88. The highest BCUT2D eigenvalue weighted by Gasteiger charge is 2.31. The van der Waals surface area contributed by atoms with Crippen molar-refractivity contribution in [3.63, 3.8) is 0 Å². The van der Waals surface area contributed by atoms with Gasteiger partial charge in [-0.05, 0) is 30.4 Å². The summed E-state index contributed by atoms with van der Waals surface area (Å²) in [4.78, 5) is 0. The maximum Gasteiger partial charge on any atom is 0.117 e. The first kappa shape index (κ1) is 10.7. The minimum atomic E-state index is 0.435. The largest absolute Gasteiger partial charge is 0.468 e. The van der Waals surface area contributed by atoms with E-state index in [9.17, 15) is 0 Å². The fraction of sp³-hybridized carbons (Fsp3) is 0.692. The topological polar surface area (TPSA) is 25.2 Å². The van der Waals surface area contributed by atoms with Crippen LogP contribution in [0.5, 0.6) is 0 Å². The molecule has 1 heterocycles. The molecule has 1 aliphatic carbocycles. The molecule has 1 aromatic heterocycles. The quantitative estimate of drug-likeness (QED) is 0.822. The van der Waals surface area contributed by atoms with E-state index < -0.39 is 0 Å². The van der Waals surface area contributed by atoms with Gasteiger partial charge < -0.3 is 9.73 Å². The lowest BCUT2D eigenvalue weighted by molar-refractivity contribution is 0.164. The predicted octanol–water partition coefficient (Wildman–Crippen LogP) is 3.34.